The summed E-state index contributed by atoms with van der Waals surface area (Å²) in [6.07, 6.45) is 1.25. The lowest BCUT2D eigenvalue weighted by Gasteiger charge is -2.20. The second kappa shape index (κ2) is 4.11. The number of carbonyl (C=O) groups excluding carboxylic acids is 2. The number of hydrogen-bond acceptors (Lipinski definition) is 3. The molecule has 0 bridgehead atoms. The van der Waals surface area contributed by atoms with Crippen LogP contribution in [0, 0.1) is 5.41 Å². The van der Waals surface area contributed by atoms with E-state index in [4.69, 9.17) is 4.74 Å². The van der Waals surface area contributed by atoms with Crippen LogP contribution in [0.1, 0.15) is 27.2 Å². The highest BCUT2D eigenvalue weighted by Crippen LogP contribution is 2.18. The molecular weight excluding hydrogens is 144 g/mol. The summed E-state index contributed by atoms with van der Waals surface area (Å²) in [6.45, 7) is 5.42. The third-order valence-corrected chi connectivity index (χ3v) is 1.30. The molecule has 0 aromatic rings. The molecule has 0 heterocycles. The number of ether oxygens (including phenoxy) is 1. The molecule has 0 aliphatic rings. The zero-order chi connectivity index (χ0) is 8.91. The molecular formula is C8H14O3. The van der Waals surface area contributed by atoms with Crippen LogP contribution in [0.4, 0.5) is 0 Å². The van der Waals surface area contributed by atoms with Gasteiger partial charge in [-0.05, 0) is 0 Å². The van der Waals surface area contributed by atoms with E-state index in [1.807, 2.05) is 13.8 Å². The van der Waals surface area contributed by atoms with Crippen LogP contribution in [-0.2, 0) is 14.3 Å². The molecule has 0 radical (unpaired) electrons. The number of aldehydes is 1. The van der Waals surface area contributed by atoms with Crippen molar-refractivity contribution >= 4 is 12.3 Å². The van der Waals surface area contributed by atoms with Crippen molar-refractivity contribution in [2.75, 3.05) is 6.61 Å². The van der Waals surface area contributed by atoms with Crippen LogP contribution in [0.2, 0.25) is 0 Å². The smallest absolute Gasteiger partial charge is 0.302 e. The molecule has 64 valence electrons. The zero-order valence-corrected chi connectivity index (χ0v) is 7.22. The minimum atomic E-state index is -0.302. The van der Waals surface area contributed by atoms with Crippen molar-refractivity contribution in [2.45, 2.75) is 27.2 Å². The summed E-state index contributed by atoms with van der Waals surface area (Å²) in [7, 11) is 0. The summed E-state index contributed by atoms with van der Waals surface area (Å²) in [5.74, 6) is -0.302. The van der Waals surface area contributed by atoms with Gasteiger partial charge in [-0.2, -0.15) is 0 Å². The monoisotopic (exact) mass is 158 g/mol. The number of rotatable bonds is 4. The fraction of sp³-hybridized carbons (Fsp3) is 0.750. The molecule has 0 aliphatic heterocycles. The molecule has 0 aromatic carbocycles. The summed E-state index contributed by atoms with van der Waals surface area (Å²) in [5.41, 5.74) is -0.229. The Morgan fingerprint density at radius 1 is 1.55 bits per heavy atom. The summed E-state index contributed by atoms with van der Waals surface area (Å²) in [5, 5.41) is 0. The van der Waals surface area contributed by atoms with Crippen LogP contribution in [-0.4, -0.2) is 18.9 Å². The van der Waals surface area contributed by atoms with Gasteiger partial charge >= 0.3 is 5.97 Å². The fourth-order valence-corrected chi connectivity index (χ4v) is 0.582. The van der Waals surface area contributed by atoms with Crippen LogP contribution in [0.15, 0.2) is 0 Å². The van der Waals surface area contributed by atoms with E-state index in [2.05, 4.69) is 0 Å². The summed E-state index contributed by atoms with van der Waals surface area (Å²) >= 11 is 0. The number of hydrogen-bond donors (Lipinski definition) is 0. The normalized spacial score (nSPS) is 10.8. The van der Waals surface area contributed by atoms with E-state index in [1.165, 1.54) is 6.92 Å². The molecule has 0 aromatic heterocycles. The first kappa shape index (κ1) is 10.1. The lowest BCUT2D eigenvalue weighted by Crippen LogP contribution is -2.21. The predicted octanol–water partition coefficient (Wildman–Crippen LogP) is 1.16. The molecule has 0 N–H and O–H groups in total. The molecule has 3 nitrogen and oxygen atoms in total. The standard InChI is InChI=1S/C8H14O3/c1-7(10)11-6-8(2,3)4-5-9/h5H,4,6H2,1-3H3. The molecule has 0 fully saturated rings. The van der Waals surface area contributed by atoms with Gasteiger partial charge in [0.05, 0.1) is 6.61 Å². The largest absolute Gasteiger partial charge is 0.465 e. The van der Waals surface area contributed by atoms with Crippen LogP contribution >= 0.6 is 0 Å². The molecule has 0 atom stereocenters. The van der Waals surface area contributed by atoms with Gasteiger partial charge in [0.1, 0.15) is 6.29 Å². The second-order valence-corrected chi connectivity index (χ2v) is 3.32. The van der Waals surface area contributed by atoms with Crippen LogP contribution in [0.5, 0.6) is 0 Å². The van der Waals surface area contributed by atoms with E-state index < -0.39 is 0 Å². The van der Waals surface area contributed by atoms with Gasteiger partial charge in [-0.1, -0.05) is 13.8 Å². The molecule has 0 saturated carbocycles. The van der Waals surface area contributed by atoms with Gasteiger partial charge in [-0.25, -0.2) is 0 Å². The molecule has 3 heteroatoms. The average molecular weight is 158 g/mol. The molecule has 11 heavy (non-hydrogen) atoms. The highest BCUT2D eigenvalue weighted by molar-refractivity contribution is 5.66. The Morgan fingerprint density at radius 2 is 2.09 bits per heavy atom. The Bertz CT molecular complexity index is 149. The average Bonchev–Trinajstić information content (AvgIpc) is 1.84. The Hall–Kier alpha value is -0.860. The van der Waals surface area contributed by atoms with Gasteiger partial charge in [-0.3, -0.25) is 4.79 Å². The summed E-state index contributed by atoms with van der Waals surface area (Å²) in [4.78, 5) is 20.5. The maximum Gasteiger partial charge on any atom is 0.302 e. The van der Waals surface area contributed by atoms with Crippen molar-refractivity contribution in [2.24, 2.45) is 5.41 Å². The van der Waals surface area contributed by atoms with Gasteiger partial charge in [0.2, 0.25) is 0 Å². The number of esters is 1. The van der Waals surface area contributed by atoms with Gasteiger partial charge < -0.3 is 9.53 Å². The van der Waals surface area contributed by atoms with Gasteiger partial charge in [-0.15, -0.1) is 0 Å². The van der Waals surface area contributed by atoms with E-state index in [9.17, 15) is 9.59 Å². The molecule has 0 aliphatic carbocycles. The topological polar surface area (TPSA) is 43.4 Å². The lowest BCUT2D eigenvalue weighted by molar-refractivity contribution is -0.144. The molecule has 0 saturated heterocycles. The van der Waals surface area contributed by atoms with Crippen molar-refractivity contribution < 1.29 is 14.3 Å². The van der Waals surface area contributed by atoms with E-state index in [-0.39, 0.29) is 11.4 Å². The van der Waals surface area contributed by atoms with Crippen molar-refractivity contribution in [3.8, 4) is 0 Å². The quantitative estimate of drug-likeness (QED) is 0.455. The molecule has 0 rings (SSSR count). The number of carbonyl (C=O) groups is 2. The van der Waals surface area contributed by atoms with Gasteiger partial charge in [0, 0.05) is 18.8 Å². The maximum absolute atomic E-state index is 10.4. The van der Waals surface area contributed by atoms with Gasteiger partial charge in [0.15, 0.2) is 0 Å². The Labute approximate surface area is 66.7 Å². The predicted molar refractivity (Wildman–Crippen MR) is 41.1 cm³/mol. The first-order valence-electron chi connectivity index (χ1n) is 3.55. The SMILES string of the molecule is CC(=O)OCC(C)(C)CC=O. The van der Waals surface area contributed by atoms with Crippen LogP contribution < -0.4 is 0 Å². The second-order valence-electron chi connectivity index (χ2n) is 3.32. The van der Waals surface area contributed by atoms with Gasteiger partial charge in [0.25, 0.3) is 0 Å². The zero-order valence-electron chi connectivity index (χ0n) is 7.22. The lowest BCUT2D eigenvalue weighted by atomic mass is 9.91. The Kier molecular flexibility index (Phi) is 3.79. The van der Waals surface area contributed by atoms with E-state index in [0.29, 0.717) is 13.0 Å². The molecule has 0 amide bonds. The molecule has 0 spiro atoms. The van der Waals surface area contributed by atoms with E-state index >= 15 is 0 Å². The fourth-order valence-electron chi connectivity index (χ4n) is 0.582. The van der Waals surface area contributed by atoms with Crippen molar-refractivity contribution in [3.63, 3.8) is 0 Å². The van der Waals surface area contributed by atoms with E-state index in [1.54, 1.807) is 0 Å². The van der Waals surface area contributed by atoms with Crippen molar-refractivity contribution in [1.29, 1.82) is 0 Å². The Balaban J connectivity index is 3.71. The third kappa shape index (κ3) is 5.58. The minimum absolute atomic E-state index is 0.229. The Morgan fingerprint density at radius 3 is 2.45 bits per heavy atom. The van der Waals surface area contributed by atoms with Crippen LogP contribution in [0.3, 0.4) is 0 Å². The third-order valence-electron chi connectivity index (χ3n) is 1.30. The minimum Gasteiger partial charge on any atom is -0.465 e. The van der Waals surface area contributed by atoms with Crippen LogP contribution in [0.25, 0.3) is 0 Å². The first-order valence-corrected chi connectivity index (χ1v) is 3.55. The summed E-state index contributed by atoms with van der Waals surface area (Å²) in [6, 6.07) is 0. The van der Waals surface area contributed by atoms with E-state index in [0.717, 1.165) is 6.29 Å². The summed E-state index contributed by atoms with van der Waals surface area (Å²) < 4.78 is 4.76. The van der Waals surface area contributed by atoms with Crippen molar-refractivity contribution in [3.05, 3.63) is 0 Å². The highest BCUT2D eigenvalue weighted by Gasteiger charge is 2.18. The van der Waals surface area contributed by atoms with Crippen molar-refractivity contribution in [1.82, 2.24) is 0 Å². The highest BCUT2D eigenvalue weighted by atomic mass is 16.5. The first-order chi connectivity index (χ1) is 4.98. The molecule has 0 unspecified atom stereocenters. The maximum atomic E-state index is 10.4.